The zero-order valence-corrected chi connectivity index (χ0v) is 10.9. The molecule has 0 aliphatic rings. The Labute approximate surface area is 114 Å². The Balaban J connectivity index is 2.23. The third kappa shape index (κ3) is 1.79. The van der Waals surface area contributed by atoms with E-state index in [0.717, 1.165) is 16.7 Å². The summed E-state index contributed by atoms with van der Waals surface area (Å²) in [6, 6.07) is 9.61. The topological polar surface area (TPSA) is 47.2 Å². The second kappa shape index (κ2) is 4.52. The summed E-state index contributed by atoms with van der Waals surface area (Å²) in [6.07, 6.45) is 1.86. The highest BCUT2D eigenvalue weighted by molar-refractivity contribution is 5.94. The van der Waals surface area contributed by atoms with Gasteiger partial charge in [0, 0.05) is 18.4 Å². The molecule has 4 nitrogen and oxygen atoms in total. The Morgan fingerprint density at radius 1 is 1.20 bits per heavy atom. The molecule has 3 rings (SSSR count). The van der Waals surface area contributed by atoms with E-state index in [1.807, 2.05) is 23.8 Å². The zero-order chi connectivity index (χ0) is 14.3. The lowest BCUT2D eigenvalue weighted by Gasteiger charge is -2.03. The summed E-state index contributed by atoms with van der Waals surface area (Å²) >= 11 is 0. The normalized spacial score (nSPS) is 11.1. The van der Waals surface area contributed by atoms with Crippen LogP contribution in [0.25, 0.3) is 16.7 Å². The standard InChI is InChI=1S/C15H13FN2O2/c1-2-17-12-7-8-18(11-5-3-10(16)4-6-11)13(12)9-14(17)15(19)20/h3-9H,2H2,1H3,(H,19,20). The number of halogens is 1. The fourth-order valence-corrected chi connectivity index (χ4v) is 2.49. The van der Waals surface area contributed by atoms with E-state index < -0.39 is 5.97 Å². The Kier molecular flexibility index (Phi) is 2.82. The maximum Gasteiger partial charge on any atom is 0.352 e. The second-order valence-electron chi connectivity index (χ2n) is 4.51. The average molecular weight is 272 g/mol. The van der Waals surface area contributed by atoms with Crippen LogP contribution in [0.15, 0.2) is 42.6 Å². The number of carboxylic acids is 1. The molecule has 20 heavy (non-hydrogen) atoms. The fourth-order valence-electron chi connectivity index (χ4n) is 2.49. The molecule has 0 fully saturated rings. The van der Waals surface area contributed by atoms with Gasteiger partial charge in [-0.2, -0.15) is 0 Å². The molecule has 1 aromatic carbocycles. The van der Waals surface area contributed by atoms with Gasteiger partial charge in [0.1, 0.15) is 11.5 Å². The number of aromatic carboxylic acids is 1. The second-order valence-corrected chi connectivity index (χ2v) is 4.51. The molecule has 0 atom stereocenters. The molecule has 3 aromatic rings. The molecule has 2 heterocycles. The number of hydrogen-bond acceptors (Lipinski definition) is 1. The van der Waals surface area contributed by atoms with Crippen LogP contribution in [0.4, 0.5) is 4.39 Å². The lowest BCUT2D eigenvalue weighted by Crippen LogP contribution is -2.06. The predicted octanol–water partition coefficient (Wildman–Crippen LogP) is 3.29. The van der Waals surface area contributed by atoms with Crippen molar-refractivity contribution < 1.29 is 14.3 Å². The van der Waals surface area contributed by atoms with E-state index in [2.05, 4.69) is 0 Å². The number of nitrogens with zero attached hydrogens (tertiary/aromatic N) is 2. The molecular weight excluding hydrogens is 259 g/mol. The van der Waals surface area contributed by atoms with Crippen LogP contribution >= 0.6 is 0 Å². The summed E-state index contributed by atoms with van der Waals surface area (Å²) in [4.78, 5) is 11.3. The Morgan fingerprint density at radius 3 is 2.50 bits per heavy atom. The molecule has 0 unspecified atom stereocenters. The van der Waals surface area contributed by atoms with Crippen LogP contribution in [0.3, 0.4) is 0 Å². The van der Waals surface area contributed by atoms with Crippen molar-refractivity contribution in [2.45, 2.75) is 13.5 Å². The first-order chi connectivity index (χ1) is 9.61. The summed E-state index contributed by atoms with van der Waals surface area (Å²) < 4.78 is 16.6. The van der Waals surface area contributed by atoms with Gasteiger partial charge in [0.05, 0.1) is 11.0 Å². The van der Waals surface area contributed by atoms with Gasteiger partial charge in [0.25, 0.3) is 0 Å². The van der Waals surface area contributed by atoms with Gasteiger partial charge in [0.2, 0.25) is 0 Å². The number of hydrogen-bond donors (Lipinski definition) is 1. The number of carbonyl (C=O) groups is 1. The molecule has 0 radical (unpaired) electrons. The highest BCUT2D eigenvalue weighted by atomic mass is 19.1. The van der Waals surface area contributed by atoms with Gasteiger partial charge < -0.3 is 14.2 Å². The van der Waals surface area contributed by atoms with Crippen molar-refractivity contribution in [3.8, 4) is 5.69 Å². The molecular formula is C15H13FN2O2. The number of aryl methyl sites for hydroxylation is 1. The first-order valence-electron chi connectivity index (χ1n) is 6.31. The molecule has 0 aliphatic heterocycles. The summed E-state index contributed by atoms with van der Waals surface area (Å²) in [5.74, 6) is -1.25. The van der Waals surface area contributed by atoms with E-state index in [9.17, 15) is 14.3 Å². The van der Waals surface area contributed by atoms with Crippen LogP contribution in [-0.4, -0.2) is 20.2 Å². The lowest BCUT2D eigenvalue weighted by molar-refractivity contribution is 0.0686. The van der Waals surface area contributed by atoms with Crippen molar-refractivity contribution in [2.24, 2.45) is 0 Å². The highest BCUT2D eigenvalue weighted by Crippen LogP contribution is 2.24. The minimum absolute atomic E-state index is 0.258. The molecule has 5 heteroatoms. The maximum atomic E-state index is 13.0. The SMILES string of the molecule is CCn1c(C(=O)O)cc2c1ccn2-c1ccc(F)cc1. The van der Waals surface area contributed by atoms with Gasteiger partial charge in [-0.3, -0.25) is 0 Å². The quantitative estimate of drug-likeness (QED) is 0.795. The van der Waals surface area contributed by atoms with Crippen LogP contribution in [0.5, 0.6) is 0 Å². The third-order valence-corrected chi connectivity index (χ3v) is 3.40. The van der Waals surface area contributed by atoms with Crippen LogP contribution in [-0.2, 0) is 6.54 Å². The van der Waals surface area contributed by atoms with Crippen molar-refractivity contribution >= 4 is 17.0 Å². The minimum atomic E-state index is -0.950. The molecule has 0 spiro atoms. The molecule has 1 N–H and O–H groups in total. The van der Waals surface area contributed by atoms with E-state index in [1.54, 1.807) is 22.8 Å². The summed E-state index contributed by atoms with van der Waals surface area (Å²) in [5.41, 5.74) is 2.71. The van der Waals surface area contributed by atoms with Crippen molar-refractivity contribution in [3.05, 3.63) is 54.1 Å². The van der Waals surface area contributed by atoms with Gasteiger partial charge in [-0.15, -0.1) is 0 Å². The number of aromatic nitrogens is 2. The van der Waals surface area contributed by atoms with Crippen molar-refractivity contribution in [1.82, 2.24) is 9.13 Å². The van der Waals surface area contributed by atoms with Crippen molar-refractivity contribution in [3.63, 3.8) is 0 Å². The van der Waals surface area contributed by atoms with Crippen molar-refractivity contribution in [2.75, 3.05) is 0 Å². The van der Waals surface area contributed by atoms with E-state index in [4.69, 9.17) is 0 Å². The summed E-state index contributed by atoms with van der Waals surface area (Å²) in [6.45, 7) is 2.49. The molecule has 0 saturated heterocycles. The smallest absolute Gasteiger partial charge is 0.352 e. The van der Waals surface area contributed by atoms with Gasteiger partial charge in [0.15, 0.2) is 0 Å². The van der Waals surface area contributed by atoms with E-state index >= 15 is 0 Å². The Bertz CT molecular complexity index is 784. The van der Waals surface area contributed by atoms with E-state index in [0.29, 0.717) is 6.54 Å². The van der Waals surface area contributed by atoms with Crippen molar-refractivity contribution in [1.29, 1.82) is 0 Å². The Morgan fingerprint density at radius 2 is 1.90 bits per heavy atom. The van der Waals surface area contributed by atoms with Crippen LogP contribution < -0.4 is 0 Å². The molecule has 0 saturated carbocycles. The average Bonchev–Trinajstić information content (AvgIpc) is 2.98. The predicted molar refractivity (Wildman–Crippen MR) is 73.9 cm³/mol. The highest BCUT2D eigenvalue weighted by Gasteiger charge is 2.16. The van der Waals surface area contributed by atoms with Gasteiger partial charge in [-0.1, -0.05) is 0 Å². The number of benzene rings is 1. The van der Waals surface area contributed by atoms with Crippen LogP contribution in [0.1, 0.15) is 17.4 Å². The number of rotatable bonds is 3. The lowest BCUT2D eigenvalue weighted by atomic mass is 10.3. The number of fused-ring (bicyclic) bond motifs is 1. The van der Waals surface area contributed by atoms with Crippen LogP contribution in [0.2, 0.25) is 0 Å². The molecule has 0 bridgehead atoms. The largest absolute Gasteiger partial charge is 0.477 e. The molecule has 102 valence electrons. The van der Waals surface area contributed by atoms with E-state index in [-0.39, 0.29) is 11.5 Å². The first-order valence-corrected chi connectivity index (χ1v) is 6.31. The summed E-state index contributed by atoms with van der Waals surface area (Å²) in [7, 11) is 0. The molecule has 0 aliphatic carbocycles. The fraction of sp³-hybridized carbons (Fsp3) is 0.133. The maximum absolute atomic E-state index is 13.0. The number of carboxylic acid groups (broad SMARTS) is 1. The van der Waals surface area contributed by atoms with Crippen LogP contribution in [0, 0.1) is 5.82 Å². The van der Waals surface area contributed by atoms with Gasteiger partial charge in [-0.05, 0) is 43.3 Å². The van der Waals surface area contributed by atoms with Gasteiger partial charge >= 0.3 is 5.97 Å². The monoisotopic (exact) mass is 272 g/mol. The van der Waals surface area contributed by atoms with Gasteiger partial charge in [-0.25, -0.2) is 9.18 Å². The zero-order valence-electron chi connectivity index (χ0n) is 10.9. The molecule has 0 amide bonds. The van der Waals surface area contributed by atoms with E-state index in [1.165, 1.54) is 12.1 Å². The molecule has 2 aromatic heterocycles. The Hall–Kier alpha value is -2.56. The minimum Gasteiger partial charge on any atom is -0.477 e. The third-order valence-electron chi connectivity index (χ3n) is 3.40. The summed E-state index contributed by atoms with van der Waals surface area (Å²) in [5, 5.41) is 9.23. The first kappa shape index (κ1) is 12.5.